The third-order valence-corrected chi connectivity index (χ3v) is 2.78. The normalized spacial score (nSPS) is 10.2. The summed E-state index contributed by atoms with van der Waals surface area (Å²) in [7, 11) is 0. The molecule has 102 valence electrons. The summed E-state index contributed by atoms with van der Waals surface area (Å²) in [5.74, 6) is -4.25. The Kier molecular flexibility index (Phi) is 3.30. The Morgan fingerprint density at radius 2 is 1.35 bits per heavy atom. The van der Waals surface area contributed by atoms with Crippen LogP contribution in [0.15, 0.2) is 36.4 Å². The second-order valence-corrected chi connectivity index (χ2v) is 4.01. The van der Waals surface area contributed by atoms with E-state index in [1.54, 1.807) is 0 Å². The SMILES string of the molecule is O=C(O)c1ccccc1C(=O)c1ccc(O)c(O)c1O. The van der Waals surface area contributed by atoms with Gasteiger partial charge in [0.25, 0.3) is 0 Å². The number of phenolic OH excluding ortho intramolecular Hbond substituents is 3. The minimum atomic E-state index is -1.28. The monoisotopic (exact) mass is 274 g/mol. The average molecular weight is 274 g/mol. The molecule has 0 amide bonds. The van der Waals surface area contributed by atoms with Gasteiger partial charge in [0.05, 0.1) is 11.1 Å². The molecule has 4 N–H and O–H groups in total. The van der Waals surface area contributed by atoms with Gasteiger partial charge in [0.1, 0.15) is 0 Å². The third-order valence-electron chi connectivity index (χ3n) is 2.78. The molecule has 0 heterocycles. The van der Waals surface area contributed by atoms with Crippen molar-refractivity contribution in [2.75, 3.05) is 0 Å². The Hall–Kier alpha value is -3.02. The van der Waals surface area contributed by atoms with Crippen molar-refractivity contribution < 1.29 is 30.0 Å². The van der Waals surface area contributed by atoms with Crippen molar-refractivity contribution in [1.29, 1.82) is 0 Å². The minimum Gasteiger partial charge on any atom is -0.504 e. The maximum atomic E-state index is 12.2. The number of carboxylic acid groups (broad SMARTS) is 1. The molecule has 0 aliphatic heterocycles. The number of aromatic hydroxyl groups is 3. The van der Waals surface area contributed by atoms with Gasteiger partial charge in [-0.2, -0.15) is 0 Å². The molecule has 0 aliphatic rings. The zero-order valence-electron chi connectivity index (χ0n) is 10.1. The van der Waals surface area contributed by atoms with Gasteiger partial charge in [0.2, 0.25) is 5.75 Å². The topological polar surface area (TPSA) is 115 Å². The number of hydrogen-bond acceptors (Lipinski definition) is 5. The summed E-state index contributed by atoms with van der Waals surface area (Å²) >= 11 is 0. The van der Waals surface area contributed by atoms with E-state index in [0.29, 0.717) is 0 Å². The van der Waals surface area contributed by atoms with E-state index in [1.807, 2.05) is 0 Å². The van der Waals surface area contributed by atoms with E-state index in [2.05, 4.69) is 0 Å². The first-order valence-corrected chi connectivity index (χ1v) is 5.54. The lowest BCUT2D eigenvalue weighted by Gasteiger charge is -2.08. The van der Waals surface area contributed by atoms with Gasteiger partial charge in [-0.25, -0.2) is 4.79 Å². The molecule has 20 heavy (non-hydrogen) atoms. The van der Waals surface area contributed by atoms with Crippen LogP contribution in [0, 0.1) is 0 Å². The highest BCUT2D eigenvalue weighted by atomic mass is 16.4. The van der Waals surface area contributed by atoms with Crippen molar-refractivity contribution in [1.82, 2.24) is 0 Å². The van der Waals surface area contributed by atoms with Crippen molar-refractivity contribution in [2.45, 2.75) is 0 Å². The highest BCUT2D eigenvalue weighted by molar-refractivity contribution is 6.15. The van der Waals surface area contributed by atoms with Crippen LogP contribution in [0.2, 0.25) is 0 Å². The van der Waals surface area contributed by atoms with Crippen molar-refractivity contribution >= 4 is 11.8 Å². The number of carboxylic acids is 1. The van der Waals surface area contributed by atoms with Crippen LogP contribution in [0.25, 0.3) is 0 Å². The van der Waals surface area contributed by atoms with E-state index in [9.17, 15) is 24.9 Å². The minimum absolute atomic E-state index is 0.125. The fraction of sp³-hybridized carbons (Fsp3) is 0. The molecule has 0 saturated heterocycles. The van der Waals surface area contributed by atoms with Gasteiger partial charge in [0.15, 0.2) is 17.3 Å². The molecule has 0 radical (unpaired) electrons. The Morgan fingerprint density at radius 1 is 0.750 bits per heavy atom. The van der Waals surface area contributed by atoms with E-state index in [0.717, 1.165) is 12.1 Å². The molecule has 6 heteroatoms. The van der Waals surface area contributed by atoms with Gasteiger partial charge < -0.3 is 20.4 Å². The second-order valence-electron chi connectivity index (χ2n) is 4.01. The number of ketones is 1. The van der Waals surface area contributed by atoms with Crippen molar-refractivity contribution in [3.05, 3.63) is 53.1 Å². The van der Waals surface area contributed by atoms with Crippen molar-refractivity contribution in [2.24, 2.45) is 0 Å². The maximum absolute atomic E-state index is 12.2. The Bertz CT molecular complexity index is 705. The highest BCUT2D eigenvalue weighted by Gasteiger charge is 2.22. The number of rotatable bonds is 3. The molecule has 2 aromatic carbocycles. The van der Waals surface area contributed by atoms with E-state index in [1.165, 1.54) is 24.3 Å². The smallest absolute Gasteiger partial charge is 0.336 e. The van der Waals surface area contributed by atoms with Crippen molar-refractivity contribution in [3.8, 4) is 17.2 Å². The number of aromatic carboxylic acids is 1. The van der Waals surface area contributed by atoms with Gasteiger partial charge in [-0.15, -0.1) is 0 Å². The number of benzene rings is 2. The van der Waals surface area contributed by atoms with Crippen LogP contribution in [0.5, 0.6) is 17.2 Å². The summed E-state index contributed by atoms with van der Waals surface area (Å²) in [5.41, 5.74) is -0.640. The highest BCUT2D eigenvalue weighted by Crippen LogP contribution is 2.38. The first-order valence-electron chi connectivity index (χ1n) is 5.54. The van der Waals surface area contributed by atoms with Gasteiger partial charge in [-0.3, -0.25) is 4.79 Å². The van der Waals surface area contributed by atoms with Crippen molar-refractivity contribution in [3.63, 3.8) is 0 Å². The number of carbonyl (C=O) groups is 2. The third kappa shape index (κ3) is 2.14. The Balaban J connectivity index is 2.58. The summed E-state index contributed by atoms with van der Waals surface area (Å²) in [6, 6.07) is 7.64. The van der Waals surface area contributed by atoms with E-state index < -0.39 is 29.0 Å². The average Bonchev–Trinajstić information content (AvgIpc) is 2.44. The summed E-state index contributed by atoms with van der Waals surface area (Å²) in [4.78, 5) is 23.3. The van der Waals surface area contributed by atoms with Crippen LogP contribution < -0.4 is 0 Å². The molecule has 0 aliphatic carbocycles. The molecular weight excluding hydrogens is 264 g/mol. The molecule has 0 atom stereocenters. The van der Waals surface area contributed by atoms with E-state index in [4.69, 9.17) is 5.11 Å². The quantitative estimate of drug-likeness (QED) is 0.500. The van der Waals surface area contributed by atoms with Gasteiger partial charge in [-0.1, -0.05) is 18.2 Å². The lowest BCUT2D eigenvalue weighted by Crippen LogP contribution is -2.09. The molecular formula is C14H10O6. The first-order chi connectivity index (χ1) is 9.43. The number of hydrogen-bond donors (Lipinski definition) is 4. The fourth-order valence-corrected chi connectivity index (χ4v) is 1.76. The molecule has 2 rings (SSSR count). The molecule has 0 unspecified atom stereocenters. The zero-order chi connectivity index (χ0) is 14.9. The molecule has 0 aromatic heterocycles. The predicted octanol–water partition coefficient (Wildman–Crippen LogP) is 1.73. The van der Waals surface area contributed by atoms with Crippen LogP contribution in [-0.4, -0.2) is 32.2 Å². The molecule has 0 saturated carbocycles. The van der Waals surface area contributed by atoms with Gasteiger partial charge in [0, 0.05) is 5.56 Å². The summed E-state index contributed by atoms with van der Waals surface area (Å²) in [5, 5.41) is 37.3. The largest absolute Gasteiger partial charge is 0.504 e. The summed E-state index contributed by atoms with van der Waals surface area (Å²) in [6.45, 7) is 0. The predicted molar refractivity (Wildman–Crippen MR) is 68.3 cm³/mol. The number of phenols is 3. The lowest BCUT2D eigenvalue weighted by atomic mass is 9.97. The zero-order valence-corrected chi connectivity index (χ0v) is 10.1. The summed E-state index contributed by atoms with van der Waals surface area (Å²) in [6.07, 6.45) is 0. The molecule has 2 aromatic rings. The van der Waals surface area contributed by atoms with Crippen LogP contribution in [0.1, 0.15) is 26.3 Å². The Labute approximate surface area is 113 Å². The molecule has 0 bridgehead atoms. The lowest BCUT2D eigenvalue weighted by molar-refractivity contribution is 0.0692. The van der Waals surface area contributed by atoms with Gasteiger partial charge >= 0.3 is 5.97 Å². The van der Waals surface area contributed by atoms with Crippen LogP contribution >= 0.6 is 0 Å². The van der Waals surface area contributed by atoms with E-state index in [-0.39, 0.29) is 16.7 Å². The molecule has 6 nitrogen and oxygen atoms in total. The van der Waals surface area contributed by atoms with E-state index >= 15 is 0 Å². The molecule has 0 spiro atoms. The van der Waals surface area contributed by atoms with Gasteiger partial charge in [-0.05, 0) is 18.2 Å². The fourth-order valence-electron chi connectivity index (χ4n) is 1.76. The van der Waals surface area contributed by atoms with Crippen LogP contribution in [-0.2, 0) is 0 Å². The Morgan fingerprint density at radius 3 is 1.95 bits per heavy atom. The first kappa shape index (κ1) is 13.4. The standard InChI is InChI=1S/C14H10O6/c15-10-6-5-9(12(17)13(10)18)11(16)7-3-1-2-4-8(7)14(19)20/h1-6,15,17-18H,(H,19,20). The molecule has 0 fully saturated rings. The van der Waals surface area contributed by atoms with Crippen LogP contribution in [0.4, 0.5) is 0 Å². The maximum Gasteiger partial charge on any atom is 0.336 e. The number of carbonyl (C=O) groups excluding carboxylic acids is 1. The van der Waals surface area contributed by atoms with Crippen LogP contribution in [0.3, 0.4) is 0 Å². The second kappa shape index (κ2) is 4.93. The summed E-state index contributed by atoms with van der Waals surface area (Å²) < 4.78 is 0.